The summed E-state index contributed by atoms with van der Waals surface area (Å²) in [7, 11) is -3.68. The molecule has 1 aliphatic heterocycles. The predicted octanol–water partition coefficient (Wildman–Crippen LogP) is 2.65. The Morgan fingerprint density at radius 2 is 1.79 bits per heavy atom. The SMILES string of the molecule is Cc1cc(Nc2ccc(NS(=O)(=O)c3cnc[nH]3)cc2)nc(N2CCCC2)n1. The van der Waals surface area contributed by atoms with Crippen molar-refractivity contribution in [1.29, 1.82) is 0 Å². The van der Waals surface area contributed by atoms with Gasteiger partial charge in [0.15, 0.2) is 5.03 Å². The molecule has 9 nitrogen and oxygen atoms in total. The maximum Gasteiger partial charge on any atom is 0.278 e. The second-order valence-corrected chi connectivity index (χ2v) is 8.26. The zero-order valence-electron chi connectivity index (χ0n) is 15.4. The summed E-state index contributed by atoms with van der Waals surface area (Å²) < 4.78 is 26.9. The molecular weight excluding hydrogens is 378 g/mol. The zero-order chi connectivity index (χ0) is 19.6. The molecule has 2 aromatic heterocycles. The Morgan fingerprint density at radius 3 is 2.46 bits per heavy atom. The maximum atomic E-state index is 12.2. The normalized spacial score (nSPS) is 14.2. The Balaban J connectivity index is 1.48. The van der Waals surface area contributed by atoms with E-state index in [0.29, 0.717) is 11.5 Å². The molecule has 1 aliphatic rings. The highest BCUT2D eigenvalue weighted by molar-refractivity contribution is 7.92. The summed E-state index contributed by atoms with van der Waals surface area (Å²) in [5, 5.41) is 3.27. The van der Waals surface area contributed by atoms with Crippen LogP contribution < -0.4 is 14.9 Å². The third-order valence-electron chi connectivity index (χ3n) is 4.40. The Kier molecular flexibility index (Phi) is 4.86. The van der Waals surface area contributed by atoms with Crippen molar-refractivity contribution in [3.63, 3.8) is 0 Å². The fourth-order valence-corrected chi connectivity index (χ4v) is 4.01. The summed E-state index contributed by atoms with van der Waals surface area (Å²) in [5.74, 6) is 1.45. The monoisotopic (exact) mass is 399 g/mol. The molecule has 10 heteroatoms. The minimum atomic E-state index is -3.68. The topological polar surface area (TPSA) is 116 Å². The molecule has 0 unspecified atom stereocenters. The molecule has 146 valence electrons. The van der Waals surface area contributed by atoms with Crippen LogP contribution in [0.5, 0.6) is 0 Å². The first-order chi connectivity index (χ1) is 13.5. The largest absolute Gasteiger partial charge is 0.341 e. The molecule has 3 heterocycles. The molecule has 0 atom stereocenters. The quantitative estimate of drug-likeness (QED) is 0.583. The van der Waals surface area contributed by atoms with Crippen LogP contribution in [0, 0.1) is 6.92 Å². The van der Waals surface area contributed by atoms with Crippen molar-refractivity contribution < 1.29 is 8.42 Å². The van der Waals surface area contributed by atoms with E-state index in [4.69, 9.17) is 0 Å². The molecule has 3 N–H and O–H groups in total. The number of anilines is 4. The van der Waals surface area contributed by atoms with Gasteiger partial charge in [-0.1, -0.05) is 0 Å². The van der Waals surface area contributed by atoms with E-state index in [9.17, 15) is 8.42 Å². The molecule has 3 aromatic rings. The van der Waals surface area contributed by atoms with Crippen LogP contribution in [-0.4, -0.2) is 41.4 Å². The van der Waals surface area contributed by atoms with Crippen molar-refractivity contribution in [3.8, 4) is 0 Å². The molecule has 0 bridgehead atoms. The van der Waals surface area contributed by atoms with Crippen LogP contribution in [0.25, 0.3) is 0 Å². The first kappa shape index (κ1) is 18.2. The second kappa shape index (κ2) is 7.47. The van der Waals surface area contributed by atoms with E-state index in [-0.39, 0.29) is 5.03 Å². The third-order valence-corrected chi connectivity index (χ3v) is 5.71. The van der Waals surface area contributed by atoms with Gasteiger partial charge in [0.1, 0.15) is 5.82 Å². The van der Waals surface area contributed by atoms with Crippen LogP contribution in [0.2, 0.25) is 0 Å². The molecular formula is C18H21N7O2S. The smallest absolute Gasteiger partial charge is 0.278 e. The van der Waals surface area contributed by atoms with Gasteiger partial charge in [0.2, 0.25) is 5.95 Å². The lowest BCUT2D eigenvalue weighted by Crippen LogP contribution is -2.21. The van der Waals surface area contributed by atoms with Crippen LogP contribution in [0.4, 0.5) is 23.1 Å². The van der Waals surface area contributed by atoms with Gasteiger partial charge in [0.05, 0.1) is 12.5 Å². The number of sulfonamides is 1. The van der Waals surface area contributed by atoms with Crippen LogP contribution in [-0.2, 0) is 10.0 Å². The van der Waals surface area contributed by atoms with Crippen molar-refractivity contribution in [2.75, 3.05) is 28.0 Å². The summed E-state index contributed by atoms with van der Waals surface area (Å²) in [6.07, 6.45) is 4.90. The molecule has 1 saturated heterocycles. The number of H-pyrrole nitrogens is 1. The van der Waals surface area contributed by atoms with E-state index in [0.717, 1.165) is 43.3 Å². The van der Waals surface area contributed by atoms with E-state index >= 15 is 0 Å². The number of nitrogens with zero attached hydrogens (tertiary/aromatic N) is 4. The summed E-state index contributed by atoms with van der Waals surface area (Å²) in [6, 6.07) is 8.83. The molecule has 0 aliphatic carbocycles. The van der Waals surface area contributed by atoms with E-state index in [1.54, 1.807) is 24.3 Å². The Hall–Kier alpha value is -3.14. The molecule has 0 spiro atoms. The molecule has 0 radical (unpaired) electrons. The fourth-order valence-electron chi connectivity index (χ4n) is 3.05. The number of aryl methyl sites for hydroxylation is 1. The van der Waals surface area contributed by atoms with Crippen LogP contribution >= 0.6 is 0 Å². The van der Waals surface area contributed by atoms with E-state index in [2.05, 4.69) is 34.9 Å². The van der Waals surface area contributed by atoms with Crippen LogP contribution in [0.3, 0.4) is 0 Å². The second-order valence-electron chi connectivity index (χ2n) is 6.61. The molecule has 1 aromatic carbocycles. The Morgan fingerprint density at radius 1 is 1.07 bits per heavy atom. The van der Waals surface area contributed by atoms with Gasteiger partial charge in [-0.25, -0.2) is 9.97 Å². The third kappa shape index (κ3) is 4.06. The minimum absolute atomic E-state index is 0.0144. The van der Waals surface area contributed by atoms with Gasteiger partial charge in [-0.2, -0.15) is 13.4 Å². The highest BCUT2D eigenvalue weighted by Gasteiger charge is 2.17. The number of aromatic amines is 1. The van der Waals surface area contributed by atoms with E-state index in [1.807, 2.05) is 13.0 Å². The van der Waals surface area contributed by atoms with Crippen molar-refractivity contribution in [2.45, 2.75) is 24.8 Å². The Bertz CT molecular complexity index is 1040. The standard InChI is InChI=1S/C18H21N7O2S/c1-13-10-16(23-18(21-13)25-8-2-3-9-25)22-14-4-6-15(7-5-14)24-28(26,27)17-11-19-12-20-17/h4-7,10-12,24H,2-3,8-9H2,1H3,(H,19,20)(H,21,22,23). The van der Waals surface area contributed by atoms with Gasteiger partial charge in [0.25, 0.3) is 10.0 Å². The van der Waals surface area contributed by atoms with Gasteiger partial charge in [-0.05, 0) is 44.0 Å². The fraction of sp³-hybridized carbons (Fsp3) is 0.278. The Labute approximate surface area is 163 Å². The molecule has 28 heavy (non-hydrogen) atoms. The number of nitrogens with one attached hydrogen (secondary N) is 3. The molecule has 4 rings (SSSR count). The van der Waals surface area contributed by atoms with Gasteiger partial charge < -0.3 is 15.2 Å². The van der Waals surface area contributed by atoms with Crippen molar-refractivity contribution in [1.82, 2.24) is 19.9 Å². The molecule has 0 saturated carbocycles. The predicted molar refractivity (Wildman–Crippen MR) is 107 cm³/mol. The van der Waals surface area contributed by atoms with Crippen molar-refractivity contribution in [2.24, 2.45) is 0 Å². The number of benzene rings is 1. The lowest BCUT2D eigenvalue weighted by molar-refractivity contribution is 0.598. The average Bonchev–Trinajstić information content (AvgIpc) is 3.37. The van der Waals surface area contributed by atoms with Crippen molar-refractivity contribution >= 4 is 33.2 Å². The highest BCUT2D eigenvalue weighted by atomic mass is 32.2. The lowest BCUT2D eigenvalue weighted by atomic mass is 10.3. The zero-order valence-corrected chi connectivity index (χ0v) is 16.2. The summed E-state index contributed by atoms with van der Waals surface area (Å²) in [6.45, 7) is 3.90. The average molecular weight is 399 g/mol. The van der Waals surface area contributed by atoms with Gasteiger partial charge >= 0.3 is 0 Å². The number of hydrogen-bond acceptors (Lipinski definition) is 7. The van der Waals surface area contributed by atoms with E-state index < -0.39 is 10.0 Å². The van der Waals surface area contributed by atoms with E-state index in [1.165, 1.54) is 12.5 Å². The number of hydrogen-bond donors (Lipinski definition) is 3. The summed E-state index contributed by atoms with van der Waals surface area (Å²) >= 11 is 0. The van der Waals surface area contributed by atoms with Crippen molar-refractivity contribution in [3.05, 3.63) is 48.5 Å². The lowest BCUT2D eigenvalue weighted by Gasteiger charge is -2.17. The first-order valence-electron chi connectivity index (χ1n) is 8.98. The van der Waals surface area contributed by atoms with Gasteiger partial charge in [-0.15, -0.1) is 0 Å². The number of imidazole rings is 1. The molecule has 1 fully saturated rings. The minimum Gasteiger partial charge on any atom is -0.341 e. The summed E-state index contributed by atoms with van der Waals surface area (Å²) in [4.78, 5) is 17.6. The highest BCUT2D eigenvalue weighted by Crippen LogP contribution is 2.23. The maximum absolute atomic E-state index is 12.2. The first-order valence-corrected chi connectivity index (χ1v) is 10.5. The number of aromatic nitrogens is 4. The van der Waals surface area contributed by atoms with Crippen LogP contribution in [0.15, 0.2) is 47.9 Å². The number of rotatable bonds is 6. The summed E-state index contributed by atoms with van der Waals surface area (Å²) in [5.41, 5.74) is 2.15. The molecule has 0 amide bonds. The van der Waals surface area contributed by atoms with Gasteiger partial charge in [-0.3, -0.25) is 4.72 Å². The van der Waals surface area contributed by atoms with Gasteiger partial charge in [0, 0.05) is 36.2 Å². The van der Waals surface area contributed by atoms with Crippen LogP contribution in [0.1, 0.15) is 18.5 Å².